The molecule has 0 aromatic carbocycles. The highest BCUT2D eigenvalue weighted by Crippen LogP contribution is 2.31. The van der Waals surface area contributed by atoms with Crippen LogP contribution in [-0.2, 0) is 9.59 Å². The third-order valence-electron chi connectivity index (χ3n) is 2.88. The molecule has 0 saturated carbocycles. The molecule has 2 heterocycles. The van der Waals surface area contributed by atoms with Crippen LogP contribution in [0.15, 0.2) is 12.3 Å². The number of carbonyl (C=O) groups excluding carboxylic acids is 2. The number of rotatable bonds is 1. The SMILES string of the molecule is CC1(C)C(=O)NC(=O)CN1c1ncc(N)cc1Cl. The second-order valence-corrected chi connectivity index (χ2v) is 5.00. The number of pyridine rings is 1. The van der Waals surface area contributed by atoms with Crippen molar-refractivity contribution in [1.29, 1.82) is 0 Å². The molecule has 2 amide bonds. The number of amides is 2. The maximum atomic E-state index is 11.8. The van der Waals surface area contributed by atoms with Gasteiger partial charge >= 0.3 is 0 Å². The van der Waals surface area contributed by atoms with Crippen LogP contribution in [0.25, 0.3) is 0 Å². The Morgan fingerprint density at radius 1 is 1.50 bits per heavy atom. The lowest BCUT2D eigenvalue weighted by molar-refractivity contribution is -0.135. The number of imide groups is 1. The third-order valence-corrected chi connectivity index (χ3v) is 3.16. The molecule has 0 spiro atoms. The van der Waals surface area contributed by atoms with E-state index in [1.807, 2.05) is 0 Å². The van der Waals surface area contributed by atoms with Gasteiger partial charge in [0.2, 0.25) is 5.91 Å². The Labute approximate surface area is 109 Å². The van der Waals surface area contributed by atoms with E-state index in [1.165, 1.54) is 12.3 Å². The van der Waals surface area contributed by atoms with E-state index in [9.17, 15) is 9.59 Å². The van der Waals surface area contributed by atoms with Gasteiger partial charge in [-0.25, -0.2) is 4.98 Å². The fraction of sp³-hybridized carbons (Fsp3) is 0.364. The van der Waals surface area contributed by atoms with Crippen LogP contribution in [0.4, 0.5) is 11.5 Å². The average molecular weight is 269 g/mol. The number of anilines is 2. The summed E-state index contributed by atoms with van der Waals surface area (Å²) in [6.07, 6.45) is 1.44. The van der Waals surface area contributed by atoms with Crippen LogP contribution in [0.2, 0.25) is 5.02 Å². The lowest BCUT2D eigenvalue weighted by atomic mass is 9.98. The van der Waals surface area contributed by atoms with Crippen molar-refractivity contribution in [2.24, 2.45) is 0 Å². The van der Waals surface area contributed by atoms with E-state index in [-0.39, 0.29) is 18.4 Å². The van der Waals surface area contributed by atoms with E-state index < -0.39 is 5.54 Å². The molecule has 7 heteroatoms. The normalized spacial score (nSPS) is 18.7. The zero-order chi connectivity index (χ0) is 13.5. The molecule has 1 aromatic heterocycles. The number of aromatic nitrogens is 1. The number of piperazine rings is 1. The van der Waals surface area contributed by atoms with Gasteiger partial charge in [0.1, 0.15) is 11.4 Å². The van der Waals surface area contributed by atoms with Crippen LogP contribution in [0, 0.1) is 0 Å². The number of nitrogen functional groups attached to an aromatic ring is 1. The van der Waals surface area contributed by atoms with Crippen molar-refractivity contribution < 1.29 is 9.59 Å². The molecule has 0 unspecified atom stereocenters. The molecule has 96 valence electrons. The van der Waals surface area contributed by atoms with Crippen molar-refractivity contribution in [3.63, 3.8) is 0 Å². The molecule has 0 atom stereocenters. The molecule has 1 aliphatic heterocycles. The van der Waals surface area contributed by atoms with E-state index in [1.54, 1.807) is 18.7 Å². The van der Waals surface area contributed by atoms with E-state index >= 15 is 0 Å². The van der Waals surface area contributed by atoms with Crippen molar-refractivity contribution in [1.82, 2.24) is 10.3 Å². The van der Waals surface area contributed by atoms with Gasteiger partial charge in [0, 0.05) is 0 Å². The Morgan fingerprint density at radius 3 is 2.78 bits per heavy atom. The van der Waals surface area contributed by atoms with Gasteiger partial charge < -0.3 is 10.6 Å². The number of halogens is 1. The van der Waals surface area contributed by atoms with E-state index in [0.29, 0.717) is 16.5 Å². The summed E-state index contributed by atoms with van der Waals surface area (Å²) in [6.45, 7) is 3.42. The van der Waals surface area contributed by atoms with Gasteiger partial charge in [-0.2, -0.15) is 0 Å². The Balaban J connectivity index is 2.47. The van der Waals surface area contributed by atoms with Crippen molar-refractivity contribution in [3.05, 3.63) is 17.3 Å². The number of nitrogens with zero attached hydrogens (tertiary/aromatic N) is 2. The zero-order valence-corrected chi connectivity index (χ0v) is 10.8. The predicted octanol–water partition coefficient (Wildman–Crippen LogP) is 0.559. The van der Waals surface area contributed by atoms with Gasteiger partial charge in [-0.3, -0.25) is 14.9 Å². The van der Waals surface area contributed by atoms with Crippen molar-refractivity contribution in [3.8, 4) is 0 Å². The summed E-state index contributed by atoms with van der Waals surface area (Å²) in [6, 6.07) is 1.54. The van der Waals surface area contributed by atoms with Crippen LogP contribution in [0.1, 0.15) is 13.8 Å². The lowest BCUT2D eigenvalue weighted by Gasteiger charge is -2.41. The molecule has 0 bridgehead atoms. The number of hydrogen-bond donors (Lipinski definition) is 2. The summed E-state index contributed by atoms with van der Waals surface area (Å²) < 4.78 is 0. The minimum absolute atomic E-state index is 0.0232. The predicted molar refractivity (Wildman–Crippen MR) is 68.2 cm³/mol. The van der Waals surface area contributed by atoms with Gasteiger partial charge in [-0.15, -0.1) is 0 Å². The van der Waals surface area contributed by atoms with Crippen molar-refractivity contribution >= 4 is 34.9 Å². The molecule has 1 aliphatic rings. The van der Waals surface area contributed by atoms with Gasteiger partial charge in [-0.1, -0.05) is 11.6 Å². The minimum atomic E-state index is -0.902. The first-order valence-corrected chi connectivity index (χ1v) is 5.73. The quantitative estimate of drug-likeness (QED) is 0.727. The molecule has 1 aromatic rings. The molecule has 0 radical (unpaired) electrons. The fourth-order valence-corrected chi connectivity index (χ4v) is 2.04. The zero-order valence-electron chi connectivity index (χ0n) is 10.0. The van der Waals surface area contributed by atoms with Crippen LogP contribution in [0.5, 0.6) is 0 Å². The first-order valence-electron chi connectivity index (χ1n) is 5.35. The van der Waals surface area contributed by atoms with Crippen LogP contribution < -0.4 is 16.0 Å². The fourth-order valence-electron chi connectivity index (χ4n) is 1.77. The molecule has 1 saturated heterocycles. The third kappa shape index (κ3) is 1.99. The van der Waals surface area contributed by atoms with Crippen molar-refractivity contribution in [2.45, 2.75) is 19.4 Å². The molecule has 2 rings (SSSR count). The molecular weight excluding hydrogens is 256 g/mol. The number of nitrogens with one attached hydrogen (secondary N) is 1. The van der Waals surface area contributed by atoms with E-state index in [2.05, 4.69) is 10.3 Å². The van der Waals surface area contributed by atoms with Gasteiger partial charge in [0.25, 0.3) is 5.91 Å². The van der Waals surface area contributed by atoms with Crippen LogP contribution >= 0.6 is 11.6 Å². The molecule has 0 aliphatic carbocycles. The topological polar surface area (TPSA) is 88.3 Å². The van der Waals surface area contributed by atoms with Gasteiger partial charge in [0.15, 0.2) is 0 Å². The highest BCUT2D eigenvalue weighted by atomic mass is 35.5. The highest BCUT2D eigenvalue weighted by Gasteiger charge is 2.42. The minimum Gasteiger partial charge on any atom is -0.397 e. The number of hydrogen-bond acceptors (Lipinski definition) is 5. The summed E-state index contributed by atoms with van der Waals surface area (Å²) in [7, 11) is 0. The largest absolute Gasteiger partial charge is 0.397 e. The average Bonchev–Trinajstić information content (AvgIpc) is 2.24. The summed E-state index contributed by atoms with van der Waals surface area (Å²) >= 11 is 6.06. The Morgan fingerprint density at radius 2 is 2.17 bits per heavy atom. The first kappa shape index (κ1) is 12.6. The second kappa shape index (κ2) is 4.13. The monoisotopic (exact) mass is 268 g/mol. The number of nitrogens with two attached hydrogens (primary N) is 1. The van der Waals surface area contributed by atoms with E-state index in [0.717, 1.165) is 0 Å². The smallest absolute Gasteiger partial charge is 0.251 e. The second-order valence-electron chi connectivity index (χ2n) is 4.60. The Hall–Kier alpha value is -1.82. The summed E-state index contributed by atoms with van der Waals surface area (Å²) in [5, 5.41) is 2.60. The van der Waals surface area contributed by atoms with Crippen LogP contribution in [0.3, 0.4) is 0 Å². The van der Waals surface area contributed by atoms with Crippen molar-refractivity contribution in [2.75, 3.05) is 17.2 Å². The summed E-state index contributed by atoms with van der Waals surface area (Å²) in [5.41, 5.74) is 5.09. The Kier molecular flexibility index (Phi) is 2.90. The standard InChI is InChI=1S/C11H13ClN4O2/c1-11(2)10(18)15-8(17)5-16(11)9-7(12)3-6(13)4-14-9/h3-4H,5,13H2,1-2H3,(H,15,17,18). The molecule has 1 fully saturated rings. The molecule has 18 heavy (non-hydrogen) atoms. The maximum Gasteiger partial charge on any atom is 0.251 e. The van der Waals surface area contributed by atoms with Crippen LogP contribution in [-0.4, -0.2) is 28.9 Å². The first-order chi connectivity index (χ1) is 8.32. The molecule has 3 N–H and O–H groups in total. The van der Waals surface area contributed by atoms with E-state index in [4.69, 9.17) is 17.3 Å². The summed E-state index contributed by atoms with van der Waals surface area (Å²) in [4.78, 5) is 28.9. The molecule has 6 nitrogen and oxygen atoms in total. The summed E-state index contributed by atoms with van der Waals surface area (Å²) in [5.74, 6) is -0.387. The highest BCUT2D eigenvalue weighted by molar-refractivity contribution is 6.33. The maximum absolute atomic E-state index is 11.8. The molecular formula is C11H13ClN4O2. The lowest BCUT2D eigenvalue weighted by Crippen LogP contribution is -2.64. The van der Waals surface area contributed by atoms with Gasteiger partial charge in [-0.05, 0) is 19.9 Å². The number of carbonyl (C=O) groups is 2. The van der Waals surface area contributed by atoms with Gasteiger partial charge in [0.05, 0.1) is 23.5 Å². The Bertz CT molecular complexity index is 530.